The van der Waals surface area contributed by atoms with Crippen molar-refractivity contribution in [2.45, 2.75) is 57.6 Å². The van der Waals surface area contributed by atoms with Crippen LogP contribution >= 0.6 is 11.6 Å². The van der Waals surface area contributed by atoms with Crippen LogP contribution in [-0.2, 0) is 26.2 Å². The van der Waals surface area contributed by atoms with E-state index in [1.807, 2.05) is 51.1 Å². The molecule has 0 fully saturated rings. The van der Waals surface area contributed by atoms with Crippen molar-refractivity contribution in [2.24, 2.45) is 0 Å². The number of nitrogens with zero attached hydrogens (tertiary/aromatic N) is 2. The van der Waals surface area contributed by atoms with Gasteiger partial charge in [0.25, 0.3) is 10.0 Å². The molecule has 0 heterocycles. The summed E-state index contributed by atoms with van der Waals surface area (Å²) in [6.45, 7) is 8.83. The van der Waals surface area contributed by atoms with Gasteiger partial charge >= 0.3 is 0 Å². The molecular weight excluding hydrogens is 550 g/mol. The van der Waals surface area contributed by atoms with E-state index >= 15 is 0 Å². The van der Waals surface area contributed by atoms with E-state index in [2.05, 4.69) is 5.32 Å². The van der Waals surface area contributed by atoms with Gasteiger partial charge in [0, 0.05) is 17.1 Å². The van der Waals surface area contributed by atoms with E-state index < -0.39 is 34.1 Å². The molecule has 214 valence electrons. The Morgan fingerprint density at radius 2 is 1.55 bits per heavy atom. The number of sulfonamides is 1. The fraction of sp³-hybridized carbons (Fsp3) is 0.333. The quantitative estimate of drug-likeness (QED) is 0.331. The molecule has 1 N–H and O–H groups in total. The van der Waals surface area contributed by atoms with Gasteiger partial charge < -0.3 is 15.0 Å². The molecule has 0 saturated carbocycles. The third kappa shape index (κ3) is 7.99. The summed E-state index contributed by atoms with van der Waals surface area (Å²) in [6.07, 6.45) is 0. The first kappa shape index (κ1) is 31.0. The molecule has 0 radical (unpaired) electrons. The number of hydrogen-bond acceptors (Lipinski definition) is 5. The van der Waals surface area contributed by atoms with Crippen LogP contribution in [0.4, 0.5) is 5.69 Å². The average Bonchev–Trinajstić information content (AvgIpc) is 2.90. The van der Waals surface area contributed by atoms with Crippen LogP contribution in [0.1, 0.15) is 40.2 Å². The van der Waals surface area contributed by atoms with E-state index in [0.29, 0.717) is 17.4 Å². The Hall–Kier alpha value is -3.56. The Morgan fingerprint density at radius 1 is 0.950 bits per heavy atom. The van der Waals surface area contributed by atoms with Gasteiger partial charge in [-0.15, -0.1) is 0 Å². The number of benzene rings is 3. The average molecular weight is 586 g/mol. The number of nitrogens with one attached hydrogen (secondary N) is 1. The smallest absolute Gasteiger partial charge is 0.264 e. The summed E-state index contributed by atoms with van der Waals surface area (Å²) in [4.78, 5) is 28.5. The summed E-state index contributed by atoms with van der Waals surface area (Å²) in [5, 5.41) is 3.29. The molecule has 0 saturated heterocycles. The summed E-state index contributed by atoms with van der Waals surface area (Å²) >= 11 is 6.01. The van der Waals surface area contributed by atoms with Crippen molar-refractivity contribution >= 4 is 39.1 Å². The molecule has 0 aromatic heterocycles. The van der Waals surface area contributed by atoms with Crippen LogP contribution in [0.25, 0.3) is 0 Å². The van der Waals surface area contributed by atoms with Crippen molar-refractivity contribution in [3.8, 4) is 5.75 Å². The number of hydrogen-bond donors (Lipinski definition) is 1. The van der Waals surface area contributed by atoms with Gasteiger partial charge in [-0.05, 0) is 76.6 Å². The number of ether oxygens (including phenoxy) is 1. The van der Waals surface area contributed by atoms with E-state index in [1.165, 1.54) is 29.2 Å². The number of carbonyl (C=O) groups excluding carboxylic acids is 2. The van der Waals surface area contributed by atoms with Crippen molar-refractivity contribution in [1.29, 1.82) is 0 Å². The number of amides is 2. The fourth-order valence-electron chi connectivity index (χ4n) is 4.02. The maximum Gasteiger partial charge on any atom is 0.264 e. The Morgan fingerprint density at radius 3 is 2.15 bits per heavy atom. The van der Waals surface area contributed by atoms with Gasteiger partial charge in [0.05, 0.1) is 17.2 Å². The molecule has 1 atom stereocenters. The van der Waals surface area contributed by atoms with E-state index in [-0.39, 0.29) is 23.0 Å². The first-order valence-electron chi connectivity index (χ1n) is 13.0. The third-order valence-electron chi connectivity index (χ3n) is 5.98. The molecule has 0 spiro atoms. The first-order chi connectivity index (χ1) is 18.8. The zero-order chi connectivity index (χ0) is 29.5. The number of para-hydroxylation sites is 2. The highest BCUT2D eigenvalue weighted by Crippen LogP contribution is 2.33. The second-order valence-corrected chi connectivity index (χ2v) is 12.6. The van der Waals surface area contributed by atoms with Gasteiger partial charge in [-0.3, -0.25) is 13.9 Å². The maximum atomic E-state index is 14.0. The Kier molecular flexibility index (Phi) is 10.2. The zero-order valence-corrected chi connectivity index (χ0v) is 25.0. The maximum absolute atomic E-state index is 14.0. The number of halogens is 1. The second kappa shape index (κ2) is 13.2. The minimum Gasteiger partial charge on any atom is -0.492 e. The van der Waals surface area contributed by atoms with E-state index in [1.54, 1.807) is 38.1 Å². The summed E-state index contributed by atoms with van der Waals surface area (Å²) < 4.78 is 34.7. The van der Waals surface area contributed by atoms with Gasteiger partial charge in [-0.1, -0.05) is 54.1 Å². The minimum atomic E-state index is -4.24. The summed E-state index contributed by atoms with van der Waals surface area (Å²) in [6, 6.07) is 20.7. The van der Waals surface area contributed by atoms with Crippen LogP contribution in [0.3, 0.4) is 0 Å². The van der Waals surface area contributed by atoms with Crippen molar-refractivity contribution < 1.29 is 22.7 Å². The number of anilines is 1. The summed E-state index contributed by atoms with van der Waals surface area (Å²) in [7, 11) is -4.24. The lowest BCUT2D eigenvalue weighted by atomic mass is 10.1. The summed E-state index contributed by atoms with van der Waals surface area (Å²) in [5.74, 6) is -0.591. The molecule has 0 aliphatic rings. The Bertz CT molecular complexity index is 1410. The van der Waals surface area contributed by atoms with Gasteiger partial charge in [0.1, 0.15) is 18.3 Å². The van der Waals surface area contributed by atoms with Crippen LogP contribution in [0.15, 0.2) is 83.8 Å². The van der Waals surface area contributed by atoms with Crippen molar-refractivity contribution in [3.63, 3.8) is 0 Å². The van der Waals surface area contributed by atoms with Gasteiger partial charge in [-0.25, -0.2) is 8.42 Å². The molecule has 2 amide bonds. The zero-order valence-electron chi connectivity index (χ0n) is 23.4. The Labute approximate surface area is 241 Å². The van der Waals surface area contributed by atoms with Gasteiger partial charge in [0.2, 0.25) is 11.8 Å². The molecule has 0 aliphatic heterocycles. The molecular formula is C30H36ClN3O5S. The highest BCUT2D eigenvalue weighted by Gasteiger charge is 2.34. The fourth-order valence-corrected chi connectivity index (χ4v) is 5.58. The Balaban J connectivity index is 2.08. The summed E-state index contributed by atoms with van der Waals surface area (Å²) in [5.41, 5.74) is 0.486. The van der Waals surface area contributed by atoms with Crippen LogP contribution in [0.5, 0.6) is 5.75 Å². The van der Waals surface area contributed by atoms with Crippen molar-refractivity contribution in [2.75, 3.05) is 17.5 Å². The molecule has 1 unspecified atom stereocenters. The topological polar surface area (TPSA) is 96.0 Å². The molecule has 8 nitrogen and oxygen atoms in total. The predicted molar refractivity (Wildman–Crippen MR) is 158 cm³/mol. The molecule has 3 aromatic carbocycles. The van der Waals surface area contributed by atoms with Crippen LogP contribution in [0, 0.1) is 0 Å². The third-order valence-corrected chi connectivity index (χ3v) is 8.00. The molecule has 3 rings (SSSR count). The molecule has 0 aliphatic carbocycles. The minimum absolute atomic E-state index is 0.0378. The normalized spacial score (nSPS) is 12.3. The van der Waals surface area contributed by atoms with E-state index in [0.717, 1.165) is 9.87 Å². The molecule has 40 heavy (non-hydrogen) atoms. The SMILES string of the molecule is CCOc1ccccc1N(CC(=O)N(Cc1ccccc1)C(C)C(=O)NC(C)(C)C)S(=O)(=O)c1ccc(Cl)cc1. The number of carbonyl (C=O) groups is 2. The van der Waals surface area contributed by atoms with Crippen LogP contribution in [-0.4, -0.2) is 49.9 Å². The van der Waals surface area contributed by atoms with Crippen LogP contribution in [0.2, 0.25) is 5.02 Å². The van der Waals surface area contributed by atoms with Crippen molar-refractivity contribution in [3.05, 3.63) is 89.4 Å². The number of rotatable bonds is 11. The lowest BCUT2D eigenvalue weighted by Crippen LogP contribution is -2.54. The standard InChI is InChI=1S/C30H36ClN3O5S/c1-6-39-27-15-11-10-14-26(27)34(40(37,38)25-18-16-24(31)17-19-25)21-28(35)33(20-23-12-8-7-9-13-23)22(2)29(36)32-30(3,4)5/h7-19,22H,6,20-21H2,1-5H3,(H,32,36). The largest absolute Gasteiger partial charge is 0.492 e. The first-order valence-corrected chi connectivity index (χ1v) is 14.8. The lowest BCUT2D eigenvalue weighted by molar-refractivity contribution is -0.140. The highest BCUT2D eigenvalue weighted by atomic mass is 35.5. The highest BCUT2D eigenvalue weighted by molar-refractivity contribution is 7.92. The lowest BCUT2D eigenvalue weighted by Gasteiger charge is -2.33. The van der Waals surface area contributed by atoms with E-state index in [9.17, 15) is 18.0 Å². The van der Waals surface area contributed by atoms with Gasteiger partial charge in [0.15, 0.2) is 0 Å². The molecule has 3 aromatic rings. The van der Waals surface area contributed by atoms with Crippen LogP contribution < -0.4 is 14.4 Å². The van der Waals surface area contributed by atoms with Crippen molar-refractivity contribution in [1.82, 2.24) is 10.2 Å². The van der Waals surface area contributed by atoms with E-state index in [4.69, 9.17) is 16.3 Å². The second-order valence-electron chi connectivity index (χ2n) is 10.3. The predicted octanol–water partition coefficient (Wildman–Crippen LogP) is 5.27. The molecule has 0 bridgehead atoms. The van der Waals surface area contributed by atoms with Gasteiger partial charge in [-0.2, -0.15) is 0 Å². The molecule has 10 heteroatoms. The monoisotopic (exact) mass is 585 g/mol.